The monoisotopic (exact) mass is 400 g/mol. The lowest BCUT2D eigenvalue weighted by molar-refractivity contribution is -0.120. The van der Waals surface area contributed by atoms with Crippen LogP contribution in [-0.2, 0) is 27.7 Å². The molecule has 0 bridgehead atoms. The van der Waals surface area contributed by atoms with Crippen LogP contribution in [0.2, 0.25) is 0 Å². The van der Waals surface area contributed by atoms with Crippen LogP contribution in [0.25, 0.3) is 0 Å². The molecule has 1 fully saturated rings. The lowest BCUT2D eigenvalue weighted by Crippen LogP contribution is -2.41. The highest BCUT2D eigenvalue weighted by atomic mass is 32.2. The fraction of sp³-hybridized carbons (Fsp3) is 0.409. The highest BCUT2D eigenvalue weighted by molar-refractivity contribution is 7.89. The lowest BCUT2D eigenvalue weighted by atomic mass is 9.96. The number of carbonyl (C=O) groups excluding carboxylic acids is 1. The third-order valence-corrected chi connectivity index (χ3v) is 7.37. The number of hydrogen-bond acceptors (Lipinski definition) is 3. The Kier molecular flexibility index (Phi) is 6.52. The number of rotatable bonds is 6. The number of anilines is 1. The van der Waals surface area contributed by atoms with E-state index in [2.05, 4.69) is 19.2 Å². The highest BCUT2D eigenvalue weighted by Crippen LogP contribution is 2.27. The van der Waals surface area contributed by atoms with E-state index in [4.69, 9.17) is 0 Å². The molecule has 150 valence electrons. The van der Waals surface area contributed by atoms with Crippen LogP contribution in [0.15, 0.2) is 53.4 Å². The van der Waals surface area contributed by atoms with Crippen LogP contribution in [0.3, 0.4) is 0 Å². The van der Waals surface area contributed by atoms with Crippen molar-refractivity contribution >= 4 is 21.6 Å². The van der Waals surface area contributed by atoms with Gasteiger partial charge in [0.1, 0.15) is 0 Å². The minimum absolute atomic E-state index is 0.00707. The Balaban J connectivity index is 1.67. The van der Waals surface area contributed by atoms with Crippen LogP contribution in [0.1, 0.15) is 37.8 Å². The molecule has 6 heteroatoms. The smallest absolute Gasteiger partial charge is 0.243 e. The molecule has 0 atom stereocenters. The third kappa shape index (κ3) is 4.28. The third-order valence-electron chi connectivity index (χ3n) is 5.45. The molecule has 2 aromatic carbocycles. The van der Waals surface area contributed by atoms with E-state index < -0.39 is 10.0 Å². The number of para-hydroxylation sites is 1. The van der Waals surface area contributed by atoms with Crippen molar-refractivity contribution in [1.82, 2.24) is 4.31 Å². The van der Waals surface area contributed by atoms with Crippen molar-refractivity contribution in [1.29, 1.82) is 0 Å². The number of hydrogen-bond donors (Lipinski definition) is 1. The lowest BCUT2D eigenvalue weighted by Gasteiger charge is -2.31. The number of benzene rings is 2. The minimum atomic E-state index is -3.49. The number of carbonyl (C=O) groups is 1. The topological polar surface area (TPSA) is 66.5 Å². The highest BCUT2D eigenvalue weighted by Gasteiger charge is 2.32. The van der Waals surface area contributed by atoms with Gasteiger partial charge in [-0.1, -0.05) is 50.2 Å². The molecule has 1 saturated heterocycles. The summed E-state index contributed by atoms with van der Waals surface area (Å²) in [4.78, 5) is 13.2. The fourth-order valence-electron chi connectivity index (χ4n) is 3.73. The predicted molar refractivity (Wildman–Crippen MR) is 112 cm³/mol. The van der Waals surface area contributed by atoms with Crippen LogP contribution in [0.5, 0.6) is 0 Å². The fourth-order valence-corrected chi connectivity index (χ4v) is 5.22. The quantitative estimate of drug-likeness (QED) is 0.801. The number of aryl methyl sites for hydroxylation is 2. The van der Waals surface area contributed by atoms with Crippen LogP contribution >= 0.6 is 0 Å². The summed E-state index contributed by atoms with van der Waals surface area (Å²) in [6.45, 7) is 4.89. The molecule has 1 amide bonds. The van der Waals surface area contributed by atoms with Gasteiger partial charge < -0.3 is 5.32 Å². The van der Waals surface area contributed by atoms with E-state index in [1.807, 2.05) is 18.2 Å². The van der Waals surface area contributed by atoms with Gasteiger partial charge in [0.05, 0.1) is 4.90 Å². The van der Waals surface area contributed by atoms with Crippen LogP contribution in [-0.4, -0.2) is 31.7 Å². The maximum absolute atomic E-state index is 12.9. The molecular formula is C22H28N2O3S. The second-order valence-corrected chi connectivity index (χ2v) is 9.08. The molecule has 0 saturated carbocycles. The Morgan fingerprint density at radius 2 is 1.54 bits per heavy atom. The van der Waals surface area contributed by atoms with Gasteiger partial charge in [-0.05, 0) is 48.9 Å². The Labute approximate surface area is 167 Å². The summed E-state index contributed by atoms with van der Waals surface area (Å²) in [7, 11) is -3.49. The Hall–Kier alpha value is -2.18. The summed E-state index contributed by atoms with van der Waals surface area (Å²) in [5, 5.41) is 3.13. The van der Waals surface area contributed by atoms with E-state index in [9.17, 15) is 13.2 Å². The van der Waals surface area contributed by atoms with Gasteiger partial charge in [-0.15, -0.1) is 0 Å². The van der Waals surface area contributed by atoms with Gasteiger partial charge in [0.2, 0.25) is 15.9 Å². The average molecular weight is 401 g/mol. The summed E-state index contributed by atoms with van der Waals surface area (Å²) in [5.41, 5.74) is 3.20. The van der Waals surface area contributed by atoms with E-state index in [0.717, 1.165) is 29.7 Å². The van der Waals surface area contributed by atoms with Gasteiger partial charge in [0.25, 0.3) is 0 Å². The first kappa shape index (κ1) is 20.6. The van der Waals surface area contributed by atoms with E-state index in [0.29, 0.717) is 30.8 Å². The van der Waals surface area contributed by atoms with Crippen LogP contribution in [0.4, 0.5) is 5.69 Å². The molecule has 0 aliphatic carbocycles. The number of nitrogens with zero attached hydrogens (tertiary/aromatic N) is 1. The van der Waals surface area contributed by atoms with Crippen molar-refractivity contribution < 1.29 is 13.2 Å². The van der Waals surface area contributed by atoms with Gasteiger partial charge in [0, 0.05) is 24.7 Å². The van der Waals surface area contributed by atoms with E-state index in [1.165, 1.54) is 4.31 Å². The molecule has 3 rings (SSSR count). The van der Waals surface area contributed by atoms with Gasteiger partial charge in [-0.25, -0.2) is 8.42 Å². The Bertz CT molecular complexity index is 896. The summed E-state index contributed by atoms with van der Waals surface area (Å²) in [6.07, 6.45) is 2.79. The van der Waals surface area contributed by atoms with E-state index in [1.54, 1.807) is 30.3 Å². The second kappa shape index (κ2) is 8.88. The maximum Gasteiger partial charge on any atom is 0.243 e. The Morgan fingerprint density at radius 1 is 0.964 bits per heavy atom. The molecule has 0 radical (unpaired) electrons. The summed E-state index contributed by atoms with van der Waals surface area (Å²) >= 11 is 0. The van der Waals surface area contributed by atoms with Crippen LogP contribution in [0, 0.1) is 5.92 Å². The molecule has 28 heavy (non-hydrogen) atoms. The zero-order chi connectivity index (χ0) is 20.1. The van der Waals surface area contributed by atoms with Crippen molar-refractivity contribution in [2.75, 3.05) is 18.4 Å². The maximum atomic E-state index is 12.9. The van der Waals surface area contributed by atoms with Crippen molar-refractivity contribution in [3.8, 4) is 0 Å². The first-order valence-corrected chi connectivity index (χ1v) is 11.4. The van der Waals surface area contributed by atoms with Crippen molar-refractivity contribution in [3.63, 3.8) is 0 Å². The molecule has 0 unspecified atom stereocenters. The van der Waals surface area contributed by atoms with Crippen molar-refractivity contribution in [3.05, 3.63) is 59.7 Å². The first-order valence-electron chi connectivity index (χ1n) is 9.94. The standard InChI is InChI=1S/C22H28N2O3S/c1-3-17-9-8-10-18(4-2)21(17)23-22(25)19-13-15-24(16-14-19)28(26,27)20-11-6-5-7-12-20/h5-12,19H,3-4,13-16H2,1-2H3,(H,23,25). The van der Waals surface area contributed by atoms with E-state index in [-0.39, 0.29) is 11.8 Å². The summed E-state index contributed by atoms with van der Waals surface area (Å²) in [5.74, 6) is -0.177. The predicted octanol–water partition coefficient (Wildman–Crippen LogP) is 3.85. The number of amides is 1. The molecule has 1 N–H and O–H groups in total. The molecule has 1 aliphatic heterocycles. The Morgan fingerprint density at radius 3 is 2.07 bits per heavy atom. The second-order valence-electron chi connectivity index (χ2n) is 7.14. The molecule has 0 spiro atoms. The SMILES string of the molecule is CCc1cccc(CC)c1NC(=O)C1CCN(S(=O)(=O)c2ccccc2)CC1. The number of nitrogens with one attached hydrogen (secondary N) is 1. The zero-order valence-electron chi connectivity index (χ0n) is 16.5. The summed E-state index contributed by atoms with van der Waals surface area (Å²) < 4.78 is 27.0. The van der Waals surface area contributed by atoms with Crippen molar-refractivity contribution in [2.24, 2.45) is 5.92 Å². The summed E-state index contributed by atoms with van der Waals surface area (Å²) in [6, 6.07) is 14.6. The van der Waals surface area contributed by atoms with Crippen LogP contribution < -0.4 is 5.32 Å². The number of piperidine rings is 1. The van der Waals surface area contributed by atoms with E-state index >= 15 is 0 Å². The number of sulfonamides is 1. The molecule has 0 aromatic heterocycles. The van der Waals surface area contributed by atoms with Crippen molar-refractivity contribution in [2.45, 2.75) is 44.4 Å². The minimum Gasteiger partial charge on any atom is -0.325 e. The first-order chi connectivity index (χ1) is 13.5. The molecule has 2 aromatic rings. The van der Waals surface area contributed by atoms with Gasteiger partial charge in [0.15, 0.2) is 0 Å². The zero-order valence-corrected chi connectivity index (χ0v) is 17.3. The van der Waals surface area contributed by atoms with Gasteiger partial charge in [-0.2, -0.15) is 4.31 Å². The molecule has 1 heterocycles. The molecule has 5 nitrogen and oxygen atoms in total. The van der Waals surface area contributed by atoms with Gasteiger partial charge in [-0.3, -0.25) is 4.79 Å². The molecule has 1 aliphatic rings. The molecular weight excluding hydrogens is 372 g/mol. The largest absolute Gasteiger partial charge is 0.325 e. The normalized spacial score (nSPS) is 16.1. The average Bonchev–Trinajstić information content (AvgIpc) is 2.74. The van der Waals surface area contributed by atoms with Gasteiger partial charge >= 0.3 is 0 Å².